The molecule has 0 aliphatic carbocycles. The summed E-state index contributed by atoms with van der Waals surface area (Å²) in [4.78, 5) is 14.1. The Morgan fingerprint density at radius 3 is 2.89 bits per heavy atom. The zero-order valence-corrected chi connectivity index (χ0v) is 5.43. The fourth-order valence-corrected chi connectivity index (χ4v) is 0.751. The Labute approximate surface area is 54.2 Å². The zero-order valence-electron chi connectivity index (χ0n) is 5.43. The molecule has 1 heterocycles. The van der Waals surface area contributed by atoms with E-state index < -0.39 is 0 Å². The van der Waals surface area contributed by atoms with Gasteiger partial charge in [-0.25, -0.2) is 4.79 Å². The Kier molecular flexibility index (Phi) is 1.51. The van der Waals surface area contributed by atoms with Crippen LogP contribution in [-0.2, 0) is 4.79 Å². The van der Waals surface area contributed by atoms with Crippen LogP contribution in [0, 0.1) is 6.42 Å². The second-order valence-corrected chi connectivity index (χ2v) is 2.01. The van der Waals surface area contributed by atoms with Gasteiger partial charge in [-0.2, -0.15) is 0 Å². The summed E-state index contributed by atoms with van der Waals surface area (Å²) in [6.45, 7) is 3.62. The van der Waals surface area contributed by atoms with Crippen LogP contribution in [0.5, 0.6) is 0 Å². The van der Waals surface area contributed by atoms with Crippen LogP contribution in [0.3, 0.4) is 0 Å². The number of rotatable bonds is 0. The molecule has 1 unspecified atom stereocenters. The standard InChI is InChI=1S/C6H8N2O/c1-4-3-6(9)8-5(2)7-4/h4,7H,1-2H3/q+1. The molecule has 0 bridgehead atoms. The molecule has 1 N–H and O–H groups in total. The largest absolute Gasteiger partial charge is 0.364 e. The van der Waals surface area contributed by atoms with Crippen LogP contribution in [0.4, 0.5) is 0 Å². The molecule has 3 radical (unpaired) electrons. The minimum Gasteiger partial charge on any atom is -0.271 e. The van der Waals surface area contributed by atoms with Crippen molar-refractivity contribution in [3.8, 4) is 0 Å². The second kappa shape index (κ2) is 2.17. The van der Waals surface area contributed by atoms with Gasteiger partial charge in [-0.3, -0.25) is 5.32 Å². The average Bonchev–Trinajstić information content (AvgIpc) is 1.59. The molecule has 9 heavy (non-hydrogen) atoms. The number of nitrogens with zero attached hydrogens (tertiary/aromatic N) is 1. The molecule has 1 amide bonds. The lowest BCUT2D eigenvalue weighted by Crippen LogP contribution is -2.42. The summed E-state index contributed by atoms with van der Waals surface area (Å²) in [7, 11) is 0. The minimum atomic E-state index is -0.265. The molecule has 0 saturated carbocycles. The minimum absolute atomic E-state index is 0.00926. The van der Waals surface area contributed by atoms with Gasteiger partial charge in [0.2, 0.25) is 0 Å². The maximum absolute atomic E-state index is 10.5. The first-order valence-electron chi connectivity index (χ1n) is 2.81. The normalized spacial score (nSPS) is 27.1. The molecule has 0 saturated heterocycles. The van der Waals surface area contributed by atoms with Gasteiger partial charge in [0.15, 0.2) is 6.42 Å². The van der Waals surface area contributed by atoms with Crippen molar-refractivity contribution in [2.45, 2.75) is 19.9 Å². The van der Waals surface area contributed by atoms with Gasteiger partial charge in [0.1, 0.15) is 6.04 Å². The first-order chi connectivity index (χ1) is 4.18. The van der Waals surface area contributed by atoms with Crippen molar-refractivity contribution in [2.75, 3.05) is 0 Å². The van der Waals surface area contributed by atoms with Crippen LogP contribution < -0.4 is 10.3 Å². The first kappa shape index (κ1) is 6.26. The molecule has 1 atom stereocenters. The van der Waals surface area contributed by atoms with Gasteiger partial charge < -0.3 is 0 Å². The fraction of sp³-hybridized carbons (Fsp3) is 0.500. The average molecular weight is 124 g/mol. The van der Waals surface area contributed by atoms with Gasteiger partial charge in [0.05, 0.1) is 0 Å². The van der Waals surface area contributed by atoms with E-state index in [4.69, 9.17) is 0 Å². The molecule has 47 valence electrons. The van der Waals surface area contributed by atoms with Gasteiger partial charge in [-0.05, 0) is 11.9 Å². The summed E-state index contributed by atoms with van der Waals surface area (Å²) >= 11 is 0. The van der Waals surface area contributed by atoms with E-state index in [1.54, 1.807) is 6.92 Å². The van der Waals surface area contributed by atoms with Crippen molar-refractivity contribution in [1.82, 2.24) is 10.3 Å². The highest BCUT2D eigenvalue weighted by Gasteiger charge is 2.24. The van der Waals surface area contributed by atoms with Crippen LogP contribution in [0.25, 0.3) is 0 Å². The van der Waals surface area contributed by atoms with Crippen LogP contribution in [0.1, 0.15) is 13.8 Å². The Morgan fingerprint density at radius 1 is 1.78 bits per heavy atom. The van der Waals surface area contributed by atoms with Crippen LogP contribution in [0.15, 0.2) is 0 Å². The van der Waals surface area contributed by atoms with E-state index in [0.29, 0.717) is 5.84 Å². The lowest BCUT2D eigenvalue weighted by atomic mass is 10.2. The predicted octanol–water partition coefficient (Wildman–Crippen LogP) is -0.660. The molecule has 0 aromatic heterocycles. The van der Waals surface area contributed by atoms with Crippen LogP contribution >= 0.6 is 0 Å². The van der Waals surface area contributed by atoms with E-state index in [1.165, 1.54) is 0 Å². The summed E-state index contributed by atoms with van der Waals surface area (Å²) in [6, 6.07) is 0.00926. The van der Waals surface area contributed by atoms with E-state index in [0.717, 1.165) is 0 Å². The molecule has 1 rings (SSSR count). The Balaban J connectivity index is 2.67. The van der Waals surface area contributed by atoms with E-state index in [2.05, 4.69) is 16.7 Å². The van der Waals surface area contributed by atoms with Crippen molar-refractivity contribution in [3.63, 3.8) is 0 Å². The van der Waals surface area contributed by atoms with Crippen LogP contribution in [-0.4, -0.2) is 17.8 Å². The smallest absolute Gasteiger partial charge is 0.271 e. The molecule has 1 aliphatic rings. The number of amides is 1. The Hall–Kier alpha value is -0.860. The molecular weight excluding hydrogens is 116 g/mol. The van der Waals surface area contributed by atoms with E-state index in [1.807, 2.05) is 6.92 Å². The Bertz CT molecular complexity index is 162. The third-order valence-electron chi connectivity index (χ3n) is 1.03. The van der Waals surface area contributed by atoms with Gasteiger partial charge in [-0.1, -0.05) is 0 Å². The van der Waals surface area contributed by atoms with E-state index in [-0.39, 0.29) is 11.9 Å². The Morgan fingerprint density at radius 2 is 2.44 bits per heavy atom. The maximum Gasteiger partial charge on any atom is 0.364 e. The molecule has 0 aromatic carbocycles. The van der Waals surface area contributed by atoms with E-state index in [9.17, 15) is 4.79 Å². The molecule has 0 spiro atoms. The summed E-state index contributed by atoms with van der Waals surface area (Å²) in [5.41, 5.74) is 0. The van der Waals surface area contributed by atoms with Gasteiger partial charge in [-0.15, -0.1) is 0 Å². The molecule has 1 aliphatic heterocycles. The van der Waals surface area contributed by atoms with Gasteiger partial charge in [0.25, 0.3) is 5.84 Å². The van der Waals surface area contributed by atoms with Crippen molar-refractivity contribution in [1.29, 1.82) is 0 Å². The van der Waals surface area contributed by atoms with Crippen molar-refractivity contribution in [3.05, 3.63) is 6.42 Å². The lowest BCUT2D eigenvalue weighted by molar-refractivity contribution is -0.116. The highest BCUT2D eigenvalue weighted by Crippen LogP contribution is 1.92. The predicted molar refractivity (Wildman–Crippen MR) is 33.7 cm³/mol. The summed E-state index contributed by atoms with van der Waals surface area (Å²) in [6.07, 6.45) is 2.57. The summed E-state index contributed by atoms with van der Waals surface area (Å²) in [5, 5.41) is 2.93. The van der Waals surface area contributed by atoms with Crippen molar-refractivity contribution < 1.29 is 4.79 Å². The highest BCUT2D eigenvalue weighted by molar-refractivity contribution is 5.98. The molecule has 0 aromatic rings. The third kappa shape index (κ3) is 1.52. The van der Waals surface area contributed by atoms with Gasteiger partial charge in [0, 0.05) is 6.92 Å². The maximum atomic E-state index is 10.5. The number of nitrogens with one attached hydrogen (secondary N) is 1. The first-order valence-corrected chi connectivity index (χ1v) is 2.81. The number of carbonyl (C=O) groups excluding carboxylic acids is 1. The number of aliphatic imine (C=N–C) groups is 1. The molecular formula is C6H8N2O+. The monoisotopic (exact) mass is 124 g/mol. The third-order valence-corrected chi connectivity index (χ3v) is 1.03. The van der Waals surface area contributed by atoms with Crippen molar-refractivity contribution >= 4 is 11.7 Å². The topological polar surface area (TPSA) is 43.2 Å². The van der Waals surface area contributed by atoms with Gasteiger partial charge >= 0.3 is 5.91 Å². The summed E-state index contributed by atoms with van der Waals surface area (Å²) in [5.74, 6) is 0.407. The molecule has 3 heteroatoms. The van der Waals surface area contributed by atoms with E-state index >= 15 is 0 Å². The SMILES string of the molecule is CC1=[N+]C(=O)[C]C(C)N1. The fourth-order valence-electron chi connectivity index (χ4n) is 0.751. The molecule has 0 fully saturated rings. The highest BCUT2D eigenvalue weighted by atomic mass is 16.1. The summed E-state index contributed by atoms with van der Waals surface area (Å²) < 4.78 is 0. The quantitative estimate of drug-likeness (QED) is 0.466. The van der Waals surface area contributed by atoms with Crippen molar-refractivity contribution in [2.24, 2.45) is 0 Å². The second-order valence-electron chi connectivity index (χ2n) is 2.01. The number of hydrogen-bond donors (Lipinski definition) is 1. The number of hydrogen-bond acceptors (Lipinski definition) is 2. The number of carbonyl (C=O) groups is 1. The van der Waals surface area contributed by atoms with Crippen LogP contribution in [0.2, 0.25) is 0 Å². The zero-order chi connectivity index (χ0) is 6.85. The lowest BCUT2D eigenvalue weighted by Gasteiger charge is -2.05. The number of amidine groups is 1. The molecule has 3 nitrogen and oxygen atoms in total.